The molecule has 0 atom stereocenters. The lowest BCUT2D eigenvalue weighted by Gasteiger charge is -2.07. The van der Waals surface area contributed by atoms with Gasteiger partial charge in [0.2, 0.25) is 11.7 Å². The van der Waals surface area contributed by atoms with Crippen LogP contribution in [0.3, 0.4) is 0 Å². The molecule has 0 bridgehead atoms. The molecule has 3 rings (SSSR count). The van der Waals surface area contributed by atoms with Gasteiger partial charge in [-0.3, -0.25) is 4.79 Å². The first-order valence-corrected chi connectivity index (χ1v) is 6.59. The number of carbonyl (C=O) groups is 1. The molecule has 8 nitrogen and oxygen atoms in total. The molecule has 0 aliphatic rings. The molecule has 3 aromatic rings. The van der Waals surface area contributed by atoms with Crippen molar-refractivity contribution < 1.29 is 13.6 Å². The van der Waals surface area contributed by atoms with Gasteiger partial charge in [0.05, 0.1) is 6.54 Å². The summed E-state index contributed by atoms with van der Waals surface area (Å²) in [6.45, 7) is -0.0960. The highest BCUT2D eigenvalue weighted by atomic mass is 19.3. The molecule has 118 valence electrons. The van der Waals surface area contributed by atoms with Gasteiger partial charge >= 0.3 is 0 Å². The Kier molecular flexibility index (Phi) is 4.04. The van der Waals surface area contributed by atoms with E-state index in [0.29, 0.717) is 5.82 Å². The van der Waals surface area contributed by atoms with E-state index in [1.165, 1.54) is 12.1 Å². The van der Waals surface area contributed by atoms with E-state index in [-0.39, 0.29) is 23.9 Å². The monoisotopic (exact) mass is 319 g/mol. The van der Waals surface area contributed by atoms with Crippen molar-refractivity contribution in [3.05, 3.63) is 42.4 Å². The summed E-state index contributed by atoms with van der Waals surface area (Å²) in [4.78, 5) is 15.7. The van der Waals surface area contributed by atoms with E-state index in [2.05, 4.69) is 30.9 Å². The predicted octanol–water partition coefficient (Wildman–Crippen LogP) is 1.51. The Balaban J connectivity index is 1.67. The summed E-state index contributed by atoms with van der Waals surface area (Å²) in [6.07, 6.45) is -1.24. The second kappa shape index (κ2) is 6.30. The van der Waals surface area contributed by atoms with Crippen LogP contribution < -0.4 is 10.6 Å². The van der Waals surface area contributed by atoms with Crippen molar-refractivity contribution in [2.75, 3.05) is 17.2 Å². The van der Waals surface area contributed by atoms with E-state index >= 15 is 0 Å². The molecular weight excluding hydrogens is 308 g/mol. The summed E-state index contributed by atoms with van der Waals surface area (Å²) in [5.74, 6) is -0.234. The number of pyridine rings is 1. The number of carbonyl (C=O) groups excluding carboxylic acids is 1. The lowest BCUT2D eigenvalue weighted by Crippen LogP contribution is -2.22. The van der Waals surface area contributed by atoms with Gasteiger partial charge in [0.25, 0.3) is 6.43 Å². The highest BCUT2D eigenvalue weighted by Gasteiger charge is 2.17. The van der Waals surface area contributed by atoms with Gasteiger partial charge in [-0.25, -0.2) is 13.8 Å². The average molecular weight is 319 g/mol. The molecule has 0 aliphatic heterocycles. The summed E-state index contributed by atoms with van der Waals surface area (Å²) in [5, 5.41) is 16.2. The first-order chi connectivity index (χ1) is 11.1. The number of hydrogen-bond donors (Lipinski definition) is 2. The van der Waals surface area contributed by atoms with Crippen molar-refractivity contribution in [1.29, 1.82) is 0 Å². The molecule has 0 aliphatic carbocycles. The zero-order valence-corrected chi connectivity index (χ0v) is 11.6. The SMILES string of the molecule is O=C(CNc1ccc2nnc(C(F)F)n2n1)Nc1ccccn1. The number of aromatic nitrogens is 5. The quantitative estimate of drug-likeness (QED) is 0.740. The Hall–Kier alpha value is -3.17. The second-order valence-electron chi connectivity index (χ2n) is 4.46. The number of alkyl halides is 2. The first kappa shape index (κ1) is 14.8. The minimum Gasteiger partial charge on any atom is -0.360 e. The third-order valence-corrected chi connectivity index (χ3v) is 2.84. The minimum absolute atomic E-state index is 0.0960. The topological polar surface area (TPSA) is 97.1 Å². The summed E-state index contributed by atoms with van der Waals surface area (Å²) in [7, 11) is 0. The molecule has 0 aromatic carbocycles. The van der Waals surface area contributed by atoms with Crippen molar-refractivity contribution in [3.63, 3.8) is 0 Å². The highest BCUT2D eigenvalue weighted by Crippen LogP contribution is 2.17. The Bertz CT molecular complexity index is 822. The molecule has 3 heterocycles. The smallest absolute Gasteiger partial charge is 0.299 e. The Morgan fingerprint density at radius 3 is 2.78 bits per heavy atom. The molecule has 0 spiro atoms. The van der Waals surface area contributed by atoms with E-state index in [1.54, 1.807) is 24.4 Å². The maximum absolute atomic E-state index is 12.8. The van der Waals surface area contributed by atoms with Gasteiger partial charge in [-0.05, 0) is 24.3 Å². The van der Waals surface area contributed by atoms with E-state index < -0.39 is 12.2 Å². The molecule has 23 heavy (non-hydrogen) atoms. The van der Waals surface area contributed by atoms with Crippen LogP contribution in [0.2, 0.25) is 0 Å². The summed E-state index contributed by atoms with van der Waals surface area (Å²) in [5.41, 5.74) is 0.198. The molecule has 3 aromatic heterocycles. The molecule has 10 heteroatoms. The highest BCUT2D eigenvalue weighted by molar-refractivity contribution is 5.92. The Morgan fingerprint density at radius 2 is 2.04 bits per heavy atom. The number of nitrogens with zero attached hydrogens (tertiary/aromatic N) is 5. The maximum atomic E-state index is 12.8. The normalized spacial score (nSPS) is 10.9. The van der Waals surface area contributed by atoms with E-state index in [4.69, 9.17) is 0 Å². The van der Waals surface area contributed by atoms with Crippen LogP contribution in [-0.2, 0) is 4.79 Å². The lowest BCUT2D eigenvalue weighted by molar-refractivity contribution is -0.114. The van der Waals surface area contributed by atoms with Gasteiger partial charge < -0.3 is 10.6 Å². The van der Waals surface area contributed by atoms with Crippen LogP contribution >= 0.6 is 0 Å². The molecule has 1 amide bonds. The van der Waals surface area contributed by atoms with Gasteiger partial charge in [-0.1, -0.05) is 6.07 Å². The lowest BCUT2D eigenvalue weighted by atomic mass is 10.4. The zero-order chi connectivity index (χ0) is 16.2. The van der Waals surface area contributed by atoms with Crippen LogP contribution in [0.5, 0.6) is 0 Å². The third-order valence-electron chi connectivity index (χ3n) is 2.84. The Labute approximate surface area is 128 Å². The zero-order valence-electron chi connectivity index (χ0n) is 11.6. The van der Waals surface area contributed by atoms with Crippen LogP contribution in [0.25, 0.3) is 5.65 Å². The van der Waals surface area contributed by atoms with Crippen LogP contribution in [0, 0.1) is 0 Å². The van der Waals surface area contributed by atoms with Gasteiger partial charge in [-0.15, -0.1) is 15.3 Å². The number of anilines is 2. The van der Waals surface area contributed by atoms with Crippen LogP contribution in [0.1, 0.15) is 12.2 Å². The molecule has 0 saturated heterocycles. The van der Waals surface area contributed by atoms with Crippen molar-refractivity contribution in [2.24, 2.45) is 0 Å². The molecule has 0 saturated carbocycles. The maximum Gasteiger partial charge on any atom is 0.299 e. The van der Waals surface area contributed by atoms with Gasteiger partial charge in [0, 0.05) is 6.20 Å². The molecule has 0 fully saturated rings. The molecular formula is C13H11F2N7O. The first-order valence-electron chi connectivity index (χ1n) is 6.59. The number of hydrogen-bond acceptors (Lipinski definition) is 6. The van der Waals surface area contributed by atoms with Crippen LogP contribution in [0.15, 0.2) is 36.5 Å². The summed E-state index contributed by atoms with van der Waals surface area (Å²) < 4.78 is 26.5. The number of nitrogens with one attached hydrogen (secondary N) is 2. The van der Waals surface area contributed by atoms with Gasteiger partial charge in [0.1, 0.15) is 11.6 Å². The van der Waals surface area contributed by atoms with E-state index in [9.17, 15) is 13.6 Å². The summed E-state index contributed by atoms with van der Waals surface area (Å²) in [6, 6.07) is 8.11. The van der Waals surface area contributed by atoms with Crippen LogP contribution in [0.4, 0.5) is 20.4 Å². The molecule has 2 N–H and O–H groups in total. The molecule has 0 radical (unpaired) electrons. The van der Waals surface area contributed by atoms with Crippen molar-refractivity contribution in [3.8, 4) is 0 Å². The Morgan fingerprint density at radius 1 is 1.17 bits per heavy atom. The average Bonchev–Trinajstić information content (AvgIpc) is 2.97. The van der Waals surface area contributed by atoms with Crippen molar-refractivity contribution in [2.45, 2.75) is 6.43 Å². The second-order valence-corrected chi connectivity index (χ2v) is 4.46. The fourth-order valence-corrected chi connectivity index (χ4v) is 1.83. The predicted molar refractivity (Wildman–Crippen MR) is 77.1 cm³/mol. The minimum atomic E-state index is -2.79. The van der Waals surface area contributed by atoms with Gasteiger partial charge in [0.15, 0.2) is 5.65 Å². The number of rotatable bonds is 5. The van der Waals surface area contributed by atoms with E-state index in [1.807, 2.05) is 0 Å². The van der Waals surface area contributed by atoms with E-state index in [0.717, 1.165) is 4.52 Å². The largest absolute Gasteiger partial charge is 0.360 e. The third kappa shape index (κ3) is 3.36. The van der Waals surface area contributed by atoms with Gasteiger partial charge in [-0.2, -0.15) is 4.52 Å². The molecule has 0 unspecified atom stereocenters. The van der Waals surface area contributed by atoms with Crippen LogP contribution in [-0.4, -0.2) is 37.2 Å². The standard InChI is InChI=1S/C13H11F2N7O/c14-12(15)13-20-19-10-5-4-9(21-22(10)13)17-7-11(23)18-8-3-1-2-6-16-8/h1-6,12H,7H2,(H,17,21)(H,16,18,23). The summed E-state index contributed by atoms with van der Waals surface area (Å²) >= 11 is 0. The number of amides is 1. The van der Waals surface area contributed by atoms with Crippen molar-refractivity contribution >= 4 is 23.2 Å². The van der Waals surface area contributed by atoms with Crippen molar-refractivity contribution in [1.82, 2.24) is 24.8 Å². The number of fused-ring (bicyclic) bond motifs is 1. The fourth-order valence-electron chi connectivity index (χ4n) is 1.83. The fraction of sp³-hybridized carbons (Fsp3) is 0.154. The number of halogens is 2.